The maximum absolute atomic E-state index is 11.7. The third-order valence-electron chi connectivity index (χ3n) is 1.94. The number of primary amides is 1. The standard InChI is InChI=1S/C10H9Cl2NO4S/c11-6-1-2-7(8(12)3-6)9(14)4-18(16,17)5-10(13)15/h1-3H,4-5H2,(H2,13,15). The van der Waals surface area contributed by atoms with Gasteiger partial charge in [0.1, 0.15) is 11.5 Å². The van der Waals surface area contributed by atoms with E-state index in [0.717, 1.165) is 0 Å². The van der Waals surface area contributed by atoms with Crippen LogP contribution in [0.3, 0.4) is 0 Å². The van der Waals surface area contributed by atoms with E-state index < -0.39 is 33.0 Å². The lowest BCUT2D eigenvalue weighted by Gasteiger charge is -2.04. The molecule has 0 radical (unpaired) electrons. The van der Waals surface area contributed by atoms with Crippen molar-refractivity contribution in [2.45, 2.75) is 0 Å². The Labute approximate surface area is 114 Å². The molecule has 2 N–H and O–H groups in total. The number of rotatable bonds is 5. The first kappa shape index (κ1) is 14.9. The highest BCUT2D eigenvalue weighted by Gasteiger charge is 2.21. The maximum Gasteiger partial charge on any atom is 0.232 e. The van der Waals surface area contributed by atoms with E-state index in [1.54, 1.807) is 0 Å². The molecule has 0 fully saturated rings. The number of halogens is 2. The van der Waals surface area contributed by atoms with Crippen LogP contribution in [-0.2, 0) is 14.6 Å². The summed E-state index contributed by atoms with van der Waals surface area (Å²) in [5.41, 5.74) is 4.81. The molecule has 1 amide bonds. The summed E-state index contributed by atoms with van der Waals surface area (Å²) >= 11 is 11.4. The molecular weight excluding hydrogens is 301 g/mol. The average Bonchev–Trinajstić information content (AvgIpc) is 2.13. The molecule has 0 aromatic heterocycles. The zero-order valence-corrected chi connectivity index (χ0v) is 11.3. The van der Waals surface area contributed by atoms with E-state index in [-0.39, 0.29) is 10.6 Å². The van der Waals surface area contributed by atoms with Crippen molar-refractivity contribution in [1.82, 2.24) is 0 Å². The van der Waals surface area contributed by atoms with Gasteiger partial charge in [-0.2, -0.15) is 0 Å². The fraction of sp³-hybridized carbons (Fsp3) is 0.200. The molecule has 0 spiro atoms. The van der Waals surface area contributed by atoms with Gasteiger partial charge in [-0.1, -0.05) is 23.2 Å². The van der Waals surface area contributed by atoms with E-state index in [1.807, 2.05) is 0 Å². The molecule has 0 heterocycles. The van der Waals surface area contributed by atoms with Crippen LogP contribution >= 0.6 is 23.2 Å². The summed E-state index contributed by atoms with van der Waals surface area (Å²) in [4.78, 5) is 22.2. The molecular formula is C10H9Cl2NO4S. The number of ketones is 1. The van der Waals surface area contributed by atoms with Gasteiger partial charge in [0.05, 0.1) is 5.02 Å². The van der Waals surface area contributed by atoms with Gasteiger partial charge < -0.3 is 5.73 Å². The van der Waals surface area contributed by atoms with Crippen molar-refractivity contribution < 1.29 is 18.0 Å². The molecule has 0 aliphatic heterocycles. The van der Waals surface area contributed by atoms with Crippen LogP contribution in [0.4, 0.5) is 0 Å². The van der Waals surface area contributed by atoms with E-state index in [0.29, 0.717) is 5.02 Å². The summed E-state index contributed by atoms with van der Waals surface area (Å²) in [6.07, 6.45) is 0. The van der Waals surface area contributed by atoms with Crippen LogP contribution in [-0.4, -0.2) is 31.6 Å². The van der Waals surface area contributed by atoms with Crippen molar-refractivity contribution in [2.24, 2.45) is 5.73 Å². The SMILES string of the molecule is NC(=O)CS(=O)(=O)CC(=O)c1ccc(Cl)cc1Cl. The Balaban J connectivity index is 2.93. The fourth-order valence-corrected chi connectivity index (χ4v) is 2.87. The largest absolute Gasteiger partial charge is 0.369 e. The second-order valence-corrected chi connectivity index (χ2v) is 6.45. The van der Waals surface area contributed by atoms with Gasteiger partial charge >= 0.3 is 0 Å². The monoisotopic (exact) mass is 309 g/mol. The molecule has 98 valence electrons. The molecule has 0 unspecified atom stereocenters. The molecule has 1 rings (SSSR count). The third-order valence-corrected chi connectivity index (χ3v) is 3.92. The molecule has 1 aromatic rings. The molecule has 8 heteroatoms. The number of carbonyl (C=O) groups excluding carboxylic acids is 2. The van der Waals surface area contributed by atoms with Crippen LogP contribution in [0.5, 0.6) is 0 Å². The molecule has 0 saturated carbocycles. The number of sulfone groups is 1. The van der Waals surface area contributed by atoms with E-state index in [9.17, 15) is 18.0 Å². The van der Waals surface area contributed by atoms with Crippen molar-refractivity contribution in [2.75, 3.05) is 11.5 Å². The average molecular weight is 310 g/mol. The van der Waals surface area contributed by atoms with Crippen LogP contribution in [0.15, 0.2) is 18.2 Å². The number of hydrogen-bond acceptors (Lipinski definition) is 4. The van der Waals surface area contributed by atoms with Crippen LogP contribution in [0.2, 0.25) is 10.0 Å². The van der Waals surface area contributed by atoms with Gasteiger partial charge in [0.25, 0.3) is 0 Å². The number of amides is 1. The van der Waals surface area contributed by atoms with Crippen molar-refractivity contribution in [3.63, 3.8) is 0 Å². The second-order valence-electron chi connectivity index (χ2n) is 3.55. The summed E-state index contributed by atoms with van der Waals surface area (Å²) < 4.78 is 22.8. The number of benzene rings is 1. The minimum absolute atomic E-state index is 0.0362. The molecule has 1 aromatic carbocycles. The molecule has 0 saturated heterocycles. The molecule has 0 aliphatic carbocycles. The molecule has 18 heavy (non-hydrogen) atoms. The summed E-state index contributed by atoms with van der Waals surface area (Å²) in [5.74, 6) is -3.41. The number of Topliss-reactive ketones (excluding diaryl/α,β-unsaturated/α-hetero) is 1. The number of carbonyl (C=O) groups is 2. The minimum Gasteiger partial charge on any atom is -0.369 e. The topological polar surface area (TPSA) is 94.3 Å². The first-order valence-electron chi connectivity index (χ1n) is 4.68. The summed E-state index contributed by atoms with van der Waals surface area (Å²) in [7, 11) is -3.87. The van der Waals surface area contributed by atoms with Crippen molar-refractivity contribution in [3.8, 4) is 0 Å². The molecule has 0 atom stereocenters. The quantitative estimate of drug-likeness (QED) is 0.823. The second kappa shape index (κ2) is 5.69. The number of nitrogens with two attached hydrogens (primary N) is 1. The highest BCUT2D eigenvalue weighted by atomic mass is 35.5. The van der Waals surface area contributed by atoms with Crippen LogP contribution in [0.1, 0.15) is 10.4 Å². The third kappa shape index (κ3) is 4.29. The van der Waals surface area contributed by atoms with Gasteiger partial charge in [-0.05, 0) is 18.2 Å². The minimum atomic E-state index is -3.87. The van der Waals surface area contributed by atoms with Gasteiger partial charge in [0.15, 0.2) is 15.6 Å². The van der Waals surface area contributed by atoms with Crippen LogP contribution in [0, 0.1) is 0 Å². The lowest BCUT2D eigenvalue weighted by atomic mass is 10.1. The molecule has 0 bridgehead atoms. The molecule has 0 aliphatic rings. The zero-order valence-electron chi connectivity index (χ0n) is 9.02. The van der Waals surface area contributed by atoms with Gasteiger partial charge in [-0.15, -0.1) is 0 Å². The lowest BCUT2D eigenvalue weighted by Crippen LogP contribution is -2.28. The fourth-order valence-electron chi connectivity index (χ4n) is 1.26. The first-order chi connectivity index (χ1) is 8.21. The van der Waals surface area contributed by atoms with Gasteiger partial charge in [-0.25, -0.2) is 8.42 Å². The van der Waals surface area contributed by atoms with E-state index in [2.05, 4.69) is 0 Å². The highest BCUT2D eigenvalue weighted by Crippen LogP contribution is 2.21. The van der Waals surface area contributed by atoms with Crippen molar-refractivity contribution >= 4 is 44.7 Å². The Kier molecular flexibility index (Phi) is 4.72. The number of hydrogen-bond donors (Lipinski definition) is 1. The summed E-state index contributed by atoms with van der Waals surface area (Å²) in [5, 5.41) is 0.387. The van der Waals surface area contributed by atoms with Crippen LogP contribution < -0.4 is 5.73 Å². The zero-order chi connectivity index (χ0) is 13.9. The highest BCUT2D eigenvalue weighted by molar-refractivity contribution is 7.92. The van der Waals surface area contributed by atoms with Crippen molar-refractivity contribution in [1.29, 1.82) is 0 Å². The van der Waals surface area contributed by atoms with Gasteiger partial charge in [0.2, 0.25) is 5.91 Å². The van der Waals surface area contributed by atoms with E-state index in [4.69, 9.17) is 28.9 Å². The van der Waals surface area contributed by atoms with Crippen LogP contribution in [0.25, 0.3) is 0 Å². The van der Waals surface area contributed by atoms with E-state index >= 15 is 0 Å². The van der Waals surface area contributed by atoms with Gasteiger partial charge in [-0.3, -0.25) is 9.59 Å². The maximum atomic E-state index is 11.7. The Morgan fingerprint density at radius 2 is 1.78 bits per heavy atom. The predicted molar refractivity (Wildman–Crippen MR) is 68.6 cm³/mol. The predicted octanol–water partition coefficient (Wildman–Crippen LogP) is 1.08. The van der Waals surface area contributed by atoms with Crippen molar-refractivity contribution in [3.05, 3.63) is 33.8 Å². The lowest BCUT2D eigenvalue weighted by molar-refractivity contribution is -0.115. The Bertz CT molecular complexity index is 598. The molecule has 5 nitrogen and oxygen atoms in total. The Morgan fingerprint density at radius 3 is 2.28 bits per heavy atom. The van der Waals surface area contributed by atoms with E-state index in [1.165, 1.54) is 18.2 Å². The normalized spacial score (nSPS) is 11.2. The first-order valence-corrected chi connectivity index (χ1v) is 7.26. The summed E-state index contributed by atoms with van der Waals surface area (Å²) in [6, 6.07) is 4.07. The Hall–Kier alpha value is -1.11. The smallest absolute Gasteiger partial charge is 0.232 e. The van der Waals surface area contributed by atoms with Gasteiger partial charge in [0, 0.05) is 10.6 Å². The Morgan fingerprint density at radius 1 is 1.17 bits per heavy atom. The summed E-state index contributed by atoms with van der Waals surface area (Å²) in [6.45, 7) is 0.